The summed E-state index contributed by atoms with van der Waals surface area (Å²) < 4.78 is 2.19. The standard InChI is InChI=1S/C19H19BrClN3S/c20-14-15-17(25-16(14)13-9-5-2-6-10-13)18(24-19(21)23-15)22-11-12-7-3-1-4-8-12/h1,3-4,7-8,13H,2,5-6,9-11H2,(H,22,23,24). The molecule has 1 aromatic carbocycles. The average molecular weight is 437 g/mol. The number of halogens is 2. The van der Waals surface area contributed by atoms with Crippen LogP contribution in [0.5, 0.6) is 0 Å². The maximum atomic E-state index is 6.19. The molecule has 2 aromatic heterocycles. The van der Waals surface area contributed by atoms with Crippen molar-refractivity contribution < 1.29 is 0 Å². The number of thiophene rings is 1. The topological polar surface area (TPSA) is 37.8 Å². The number of benzene rings is 1. The third-order valence-electron chi connectivity index (χ3n) is 4.75. The lowest BCUT2D eigenvalue weighted by atomic mass is 9.88. The van der Waals surface area contributed by atoms with Crippen molar-refractivity contribution in [3.63, 3.8) is 0 Å². The van der Waals surface area contributed by atoms with Gasteiger partial charge in [-0.2, -0.15) is 4.98 Å². The molecule has 0 atom stereocenters. The van der Waals surface area contributed by atoms with E-state index in [1.807, 2.05) is 29.5 Å². The highest BCUT2D eigenvalue weighted by molar-refractivity contribution is 9.10. The Bertz CT molecular complexity index is 875. The van der Waals surface area contributed by atoms with Gasteiger partial charge in [-0.25, -0.2) is 4.98 Å². The van der Waals surface area contributed by atoms with Gasteiger partial charge in [-0.05, 0) is 51.9 Å². The second kappa shape index (κ2) is 7.60. The minimum atomic E-state index is 0.289. The fourth-order valence-electron chi connectivity index (χ4n) is 3.47. The molecule has 0 saturated heterocycles. The Morgan fingerprint density at radius 1 is 1.12 bits per heavy atom. The van der Waals surface area contributed by atoms with Gasteiger partial charge in [0.1, 0.15) is 11.3 Å². The van der Waals surface area contributed by atoms with Crippen LogP contribution in [0.25, 0.3) is 10.2 Å². The molecule has 0 bridgehead atoms. The van der Waals surface area contributed by atoms with Crippen molar-refractivity contribution in [3.8, 4) is 0 Å². The average Bonchev–Trinajstić information content (AvgIpc) is 2.98. The molecule has 0 spiro atoms. The molecule has 3 aromatic rings. The lowest BCUT2D eigenvalue weighted by Crippen LogP contribution is -2.02. The van der Waals surface area contributed by atoms with Crippen molar-refractivity contribution in [3.05, 3.63) is 50.5 Å². The summed E-state index contributed by atoms with van der Waals surface area (Å²) in [6.07, 6.45) is 6.51. The van der Waals surface area contributed by atoms with Crippen molar-refractivity contribution in [1.29, 1.82) is 0 Å². The van der Waals surface area contributed by atoms with Gasteiger partial charge in [0, 0.05) is 11.4 Å². The molecular weight excluding hydrogens is 418 g/mol. The zero-order valence-electron chi connectivity index (χ0n) is 13.8. The molecule has 4 rings (SSSR count). The molecule has 1 fully saturated rings. The van der Waals surface area contributed by atoms with Crippen LogP contribution in [0.4, 0.5) is 5.82 Å². The van der Waals surface area contributed by atoms with Gasteiger partial charge in [0.2, 0.25) is 5.28 Å². The van der Waals surface area contributed by atoms with E-state index >= 15 is 0 Å². The lowest BCUT2D eigenvalue weighted by molar-refractivity contribution is 0.447. The van der Waals surface area contributed by atoms with E-state index in [0.717, 1.165) is 27.1 Å². The molecule has 0 radical (unpaired) electrons. The number of fused-ring (bicyclic) bond motifs is 1. The van der Waals surface area contributed by atoms with Crippen LogP contribution in [0, 0.1) is 0 Å². The molecule has 6 heteroatoms. The monoisotopic (exact) mass is 435 g/mol. The SMILES string of the molecule is Clc1nc(NCc2ccccc2)c2sc(C3CCCCC3)c(Br)c2n1. The van der Waals surface area contributed by atoms with Gasteiger partial charge in [0.15, 0.2) is 0 Å². The largest absolute Gasteiger partial charge is 0.365 e. The quantitative estimate of drug-likeness (QED) is 0.459. The fraction of sp³-hybridized carbons (Fsp3) is 0.368. The molecule has 1 saturated carbocycles. The first kappa shape index (κ1) is 17.3. The normalized spacial score (nSPS) is 15.6. The van der Waals surface area contributed by atoms with Crippen LogP contribution in [0.15, 0.2) is 34.8 Å². The number of hydrogen-bond donors (Lipinski definition) is 1. The summed E-state index contributed by atoms with van der Waals surface area (Å²) in [5.74, 6) is 1.45. The fourth-order valence-corrected chi connectivity index (χ4v) is 5.89. The van der Waals surface area contributed by atoms with Crippen LogP contribution in [-0.4, -0.2) is 9.97 Å². The summed E-state index contributed by atoms with van der Waals surface area (Å²) >= 11 is 11.8. The smallest absolute Gasteiger partial charge is 0.225 e. The molecule has 0 amide bonds. The van der Waals surface area contributed by atoms with Gasteiger partial charge < -0.3 is 5.32 Å². The third kappa shape index (κ3) is 3.69. The molecule has 25 heavy (non-hydrogen) atoms. The van der Waals surface area contributed by atoms with E-state index in [-0.39, 0.29) is 5.28 Å². The molecule has 1 aliphatic rings. The molecular formula is C19H19BrClN3S. The van der Waals surface area contributed by atoms with Crippen molar-refractivity contribution in [1.82, 2.24) is 9.97 Å². The summed E-state index contributed by atoms with van der Waals surface area (Å²) in [6, 6.07) is 10.3. The summed E-state index contributed by atoms with van der Waals surface area (Å²) in [6.45, 7) is 0.720. The second-order valence-corrected chi connectivity index (χ2v) is 8.66. The summed E-state index contributed by atoms with van der Waals surface area (Å²) in [5.41, 5.74) is 2.15. The van der Waals surface area contributed by atoms with Crippen LogP contribution >= 0.6 is 38.9 Å². The van der Waals surface area contributed by atoms with E-state index in [9.17, 15) is 0 Å². The van der Waals surface area contributed by atoms with E-state index in [4.69, 9.17) is 11.6 Å². The Labute approximate surface area is 165 Å². The predicted octanol–water partition coefficient (Wildman–Crippen LogP) is 6.77. The van der Waals surface area contributed by atoms with E-state index < -0.39 is 0 Å². The van der Waals surface area contributed by atoms with E-state index in [1.165, 1.54) is 42.5 Å². The van der Waals surface area contributed by atoms with Gasteiger partial charge in [-0.15, -0.1) is 11.3 Å². The second-order valence-electron chi connectivity index (χ2n) is 6.47. The highest BCUT2D eigenvalue weighted by atomic mass is 79.9. The maximum absolute atomic E-state index is 6.19. The van der Waals surface area contributed by atoms with Gasteiger partial charge in [-0.1, -0.05) is 49.6 Å². The highest BCUT2D eigenvalue weighted by Crippen LogP contribution is 2.46. The van der Waals surface area contributed by atoms with Crippen molar-refractivity contribution in [2.45, 2.75) is 44.6 Å². The molecule has 2 heterocycles. The Balaban J connectivity index is 1.68. The molecule has 3 nitrogen and oxygen atoms in total. The molecule has 0 aliphatic heterocycles. The van der Waals surface area contributed by atoms with Gasteiger partial charge >= 0.3 is 0 Å². The third-order valence-corrected chi connectivity index (χ3v) is 7.34. The van der Waals surface area contributed by atoms with Crippen LogP contribution in [0.1, 0.15) is 48.5 Å². The maximum Gasteiger partial charge on any atom is 0.225 e. The lowest BCUT2D eigenvalue weighted by Gasteiger charge is -2.20. The zero-order valence-corrected chi connectivity index (χ0v) is 16.9. The van der Waals surface area contributed by atoms with Crippen LogP contribution in [-0.2, 0) is 6.54 Å². The number of nitrogens with one attached hydrogen (secondary N) is 1. The minimum Gasteiger partial charge on any atom is -0.365 e. The first-order valence-electron chi connectivity index (χ1n) is 8.65. The van der Waals surface area contributed by atoms with Gasteiger partial charge in [-0.3, -0.25) is 0 Å². The molecule has 1 aliphatic carbocycles. The molecule has 1 N–H and O–H groups in total. The van der Waals surface area contributed by atoms with Crippen LogP contribution < -0.4 is 5.32 Å². The number of aromatic nitrogens is 2. The number of rotatable bonds is 4. The van der Waals surface area contributed by atoms with Crippen LogP contribution in [0.3, 0.4) is 0 Å². The van der Waals surface area contributed by atoms with E-state index in [1.54, 1.807) is 0 Å². The molecule has 0 unspecified atom stereocenters. The molecule has 130 valence electrons. The summed E-state index contributed by atoms with van der Waals surface area (Å²) in [5, 5.41) is 3.73. The van der Waals surface area contributed by atoms with Crippen molar-refractivity contribution in [2.24, 2.45) is 0 Å². The predicted molar refractivity (Wildman–Crippen MR) is 110 cm³/mol. The van der Waals surface area contributed by atoms with E-state index in [0.29, 0.717) is 5.92 Å². The minimum absolute atomic E-state index is 0.289. The Kier molecular flexibility index (Phi) is 5.25. The Hall–Kier alpha value is -1.17. The first-order chi connectivity index (χ1) is 12.2. The summed E-state index contributed by atoms with van der Waals surface area (Å²) in [7, 11) is 0. The number of hydrogen-bond acceptors (Lipinski definition) is 4. The number of nitrogens with zero attached hydrogens (tertiary/aromatic N) is 2. The Morgan fingerprint density at radius 2 is 1.88 bits per heavy atom. The van der Waals surface area contributed by atoms with Crippen LogP contribution in [0.2, 0.25) is 5.28 Å². The summed E-state index contributed by atoms with van der Waals surface area (Å²) in [4.78, 5) is 10.3. The van der Waals surface area contributed by atoms with Gasteiger partial charge in [0.25, 0.3) is 0 Å². The van der Waals surface area contributed by atoms with E-state index in [2.05, 4.69) is 43.3 Å². The number of anilines is 1. The first-order valence-corrected chi connectivity index (χ1v) is 10.6. The Morgan fingerprint density at radius 3 is 2.64 bits per heavy atom. The highest BCUT2D eigenvalue weighted by Gasteiger charge is 2.24. The van der Waals surface area contributed by atoms with Crippen molar-refractivity contribution in [2.75, 3.05) is 5.32 Å². The zero-order chi connectivity index (χ0) is 17.2. The van der Waals surface area contributed by atoms with Gasteiger partial charge in [0.05, 0.1) is 9.17 Å². The van der Waals surface area contributed by atoms with Crippen molar-refractivity contribution >= 4 is 54.9 Å².